The van der Waals surface area contributed by atoms with E-state index in [1.54, 1.807) is 0 Å². The molecule has 132 valence electrons. The van der Waals surface area contributed by atoms with Gasteiger partial charge in [-0.3, -0.25) is 10.3 Å². The number of benzene rings is 2. The largest absolute Gasteiger partial charge is 0.370 e. The number of amidine groups is 1. The van der Waals surface area contributed by atoms with Gasteiger partial charge in [-0.15, -0.1) is 0 Å². The zero-order valence-corrected chi connectivity index (χ0v) is 15.4. The van der Waals surface area contributed by atoms with Crippen molar-refractivity contribution in [3.8, 4) is 0 Å². The Morgan fingerprint density at radius 3 is 2.16 bits per heavy atom. The lowest BCUT2D eigenvalue weighted by molar-refractivity contribution is 0.221. The van der Waals surface area contributed by atoms with E-state index < -0.39 is 0 Å². The highest BCUT2D eigenvalue weighted by atomic mass is 35.5. The van der Waals surface area contributed by atoms with Gasteiger partial charge in [-0.05, 0) is 54.8 Å². The maximum Gasteiger partial charge on any atom is 0.0979 e. The second-order valence-corrected chi connectivity index (χ2v) is 7.23. The fraction of sp³-hybridized carbons (Fsp3) is 0.381. The average molecular weight is 356 g/mol. The molecule has 0 aliphatic carbocycles. The summed E-state index contributed by atoms with van der Waals surface area (Å²) in [5.41, 5.74) is 3.67. The zero-order valence-electron chi connectivity index (χ0n) is 14.6. The summed E-state index contributed by atoms with van der Waals surface area (Å²) in [5.74, 6) is 0.540. The van der Waals surface area contributed by atoms with Gasteiger partial charge in [-0.2, -0.15) is 0 Å². The predicted molar refractivity (Wildman–Crippen MR) is 105 cm³/mol. The molecule has 0 unspecified atom stereocenters. The maximum absolute atomic E-state index is 8.13. The molecule has 0 bridgehead atoms. The number of piperidine rings is 1. The highest BCUT2D eigenvalue weighted by Crippen LogP contribution is 2.14. The monoisotopic (exact) mass is 355 g/mol. The van der Waals surface area contributed by atoms with Gasteiger partial charge >= 0.3 is 0 Å². The van der Waals surface area contributed by atoms with Gasteiger partial charge in [0, 0.05) is 24.5 Å². The van der Waals surface area contributed by atoms with Crippen molar-refractivity contribution in [1.29, 1.82) is 5.41 Å². The smallest absolute Gasteiger partial charge is 0.0979 e. The number of hydrogen-bond acceptors (Lipinski definition) is 2. The Kier molecular flexibility index (Phi) is 6.48. The van der Waals surface area contributed by atoms with Crippen LogP contribution in [0.25, 0.3) is 0 Å². The summed E-state index contributed by atoms with van der Waals surface area (Å²) in [6.07, 6.45) is 4.67. The van der Waals surface area contributed by atoms with E-state index in [-0.39, 0.29) is 0 Å². The molecule has 4 heteroatoms. The molecule has 0 aromatic heterocycles. The number of likely N-dealkylation sites (tertiary alicyclic amines) is 1. The fourth-order valence-electron chi connectivity index (χ4n) is 3.22. The van der Waals surface area contributed by atoms with Crippen LogP contribution in [0.15, 0.2) is 48.5 Å². The van der Waals surface area contributed by atoms with Crippen molar-refractivity contribution in [2.24, 2.45) is 0 Å². The van der Waals surface area contributed by atoms with Crippen LogP contribution >= 0.6 is 11.6 Å². The summed E-state index contributed by atoms with van der Waals surface area (Å²) in [4.78, 5) is 2.54. The molecule has 0 amide bonds. The van der Waals surface area contributed by atoms with Gasteiger partial charge in [0.1, 0.15) is 0 Å². The molecule has 2 aromatic carbocycles. The SMILES string of the molecule is N=C(Cc1ccc(CN2CCCCC2)cc1)NCc1ccc(Cl)cc1. The van der Waals surface area contributed by atoms with Gasteiger partial charge in [0.2, 0.25) is 0 Å². The van der Waals surface area contributed by atoms with Crippen molar-refractivity contribution in [2.75, 3.05) is 13.1 Å². The van der Waals surface area contributed by atoms with Crippen molar-refractivity contribution in [1.82, 2.24) is 10.2 Å². The van der Waals surface area contributed by atoms with E-state index in [1.807, 2.05) is 24.3 Å². The summed E-state index contributed by atoms with van der Waals surface area (Å²) in [7, 11) is 0. The van der Waals surface area contributed by atoms with Crippen LogP contribution in [-0.4, -0.2) is 23.8 Å². The Bertz CT molecular complexity index is 673. The molecule has 1 fully saturated rings. The molecule has 1 aliphatic heterocycles. The van der Waals surface area contributed by atoms with Crippen LogP contribution in [0.1, 0.15) is 36.0 Å². The van der Waals surface area contributed by atoms with Crippen molar-refractivity contribution in [3.63, 3.8) is 0 Å². The van der Waals surface area contributed by atoms with Crippen molar-refractivity contribution in [2.45, 2.75) is 38.8 Å². The van der Waals surface area contributed by atoms with E-state index in [0.717, 1.165) is 17.1 Å². The third-order valence-electron chi connectivity index (χ3n) is 4.68. The maximum atomic E-state index is 8.13. The molecule has 0 atom stereocenters. The van der Waals surface area contributed by atoms with Crippen LogP contribution in [0.2, 0.25) is 5.02 Å². The Morgan fingerprint density at radius 1 is 0.880 bits per heavy atom. The zero-order chi connectivity index (χ0) is 17.5. The topological polar surface area (TPSA) is 39.1 Å². The standard InChI is InChI=1S/C21H26ClN3/c22-20-10-8-18(9-11-20)15-24-21(23)14-17-4-6-19(7-5-17)16-25-12-2-1-3-13-25/h4-11H,1-3,12-16H2,(H2,23,24). The molecule has 3 rings (SSSR count). The van der Waals surface area contributed by atoms with Gasteiger partial charge in [-0.1, -0.05) is 54.4 Å². The molecule has 1 aliphatic rings. The first-order valence-electron chi connectivity index (χ1n) is 9.05. The lowest BCUT2D eigenvalue weighted by Crippen LogP contribution is -2.29. The van der Waals surface area contributed by atoms with Gasteiger partial charge in [0.05, 0.1) is 5.84 Å². The lowest BCUT2D eigenvalue weighted by Gasteiger charge is -2.26. The fourth-order valence-corrected chi connectivity index (χ4v) is 3.34. The number of rotatable bonds is 6. The Hall–Kier alpha value is -1.84. The second kappa shape index (κ2) is 9.02. The van der Waals surface area contributed by atoms with E-state index in [4.69, 9.17) is 17.0 Å². The van der Waals surface area contributed by atoms with E-state index >= 15 is 0 Å². The third kappa shape index (κ3) is 5.87. The average Bonchev–Trinajstić information content (AvgIpc) is 2.64. The minimum absolute atomic E-state index is 0.540. The Balaban J connectivity index is 1.45. The molecule has 25 heavy (non-hydrogen) atoms. The van der Waals surface area contributed by atoms with Gasteiger partial charge < -0.3 is 5.32 Å². The third-order valence-corrected chi connectivity index (χ3v) is 4.93. The first-order valence-corrected chi connectivity index (χ1v) is 9.43. The second-order valence-electron chi connectivity index (χ2n) is 6.79. The first-order chi connectivity index (χ1) is 12.2. The molecule has 2 aromatic rings. The first kappa shape index (κ1) is 18.0. The minimum Gasteiger partial charge on any atom is -0.370 e. The minimum atomic E-state index is 0.540. The van der Waals surface area contributed by atoms with Crippen LogP contribution in [0, 0.1) is 5.41 Å². The Labute approximate surface area is 155 Å². The summed E-state index contributed by atoms with van der Waals surface area (Å²) in [6.45, 7) is 4.15. The van der Waals surface area contributed by atoms with E-state index in [1.165, 1.54) is 43.5 Å². The highest BCUT2D eigenvalue weighted by Gasteiger charge is 2.10. The van der Waals surface area contributed by atoms with Gasteiger partial charge in [0.25, 0.3) is 0 Å². The van der Waals surface area contributed by atoms with Crippen LogP contribution in [0.5, 0.6) is 0 Å². The molecular formula is C21H26ClN3. The summed E-state index contributed by atoms with van der Waals surface area (Å²) in [6, 6.07) is 16.4. The molecule has 0 saturated carbocycles. The van der Waals surface area contributed by atoms with Gasteiger partial charge in [0.15, 0.2) is 0 Å². The van der Waals surface area contributed by atoms with Crippen molar-refractivity contribution >= 4 is 17.4 Å². The van der Waals surface area contributed by atoms with Gasteiger partial charge in [-0.25, -0.2) is 0 Å². The molecule has 1 saturated heterocycles. The number of nitrogens with zero attached hydrogens (tertiary/aromatic N) is 1. The van der Waals surface area contributed by atoms with Crippen molar-refractivity contribution in [3.05, 3.63) is 70.2 Å². The van der Waals surface area contributed by atoms with Crippen LogP contribution in [0.3, 0.4) is 0 Å². The van der Waals surface area contributed by atoms with E-state index in [2.05, 4.69) is 34.5 Å². The van der Waals surface area contributed by atoms with Crippen LogP contribution in [-0.2, 0) is 19.5 Å². The van der Waals surface area contributed by atoms with Crippen molar-refractivity contribution < 1.29 is 0 Å². The van der Waals surface area contributed by atoms with Crippen LogP contribution < -0.4 is 5.32 Å². The van der Waals surface area contributed by atoms with E-state index in [9.17, 15) is 0 Å². The molecule has 1 heterocycles. The number of halogens is 1. The van der Waals surface area contributed by atoms with Crippen LogP contribution in [0.4, 0.5) is 0 Å². The summed E-state index contributed by atoms with van der Waals surface area (Å²) < 4.78 is 0. The van der Waals surface area contributed by atoms with E-state index in [0.29, 0.717) is 18.8 Å². The number of hydrogen-bond donors (Lipinski definition) is 2. The normalized spacial score (nSPS) is 15.1. The Morgan fingerprint density at radius 2 is 1.48 bits per heavy atom. The summed E-state index contributed by atoms with van der Waals surface area (Å²) >= 11 is 5.89. The molecule has 0 radical (unpaired) electrons. The molecule has 0 spiro atoms. The quantitative estimate of drug-likeness (QED) is 0.585. The number of nitrogens with one attached hydrogen (secondary N) is 2. The lowest BCUT2D eigenvalue weighted by atomic mass is 10.1. The molecular weight excluding hydrogens is 330 g/mol. The summed E-state index contributed by atoms with van der Waals surface area (Å²) in [5, 5.41) is 12.0. The highest BCUT2D eigenvalue weighted by molar-refractivity contribution is 6.30. The predicted octanol–water partition coefficient (Wildman–Crippen LogP) is 4.64. The molecule has 2 N–H and O–H groups in total. The molecule has 3 nitrogen and oxygen atoms in total.